The summed E-state index contributed by atoms with van der Waals surface area (Å²) in [5.74, 6) is -0.871. The van der Waals surface area contributed by atoms with E-state index in [1.807, 2.05) is 44.1 Å². The van der Waals surface area contributed by atoms with Gasteiger partial charge in [0.05, 0.1) is 12.3 Å². The third-order valence-corrected chi connectivity index (χ3v) is 3.86. The number of nitriles is 1. The van der Waals surface area contributed by atoms with Crippen molar-refractivity contribution in [3.8, 4) is 11.8 Å². The van der Waals surface area contributed by atoms with Crippen molar-refractivity contribution >= 4 is 29.3 Å². The zero-order valence-corrected chi connectivity index (χ0v) is 16.6. The van der Waals surface area contributed by atoms with Gasteiger partial charge >= 0.3 is 5.97 Å². The predicted molar refractivity (Wildman–Crippen MR) is 112 cm³/mol. The fourth-order valence-corrected chi connectivity index (χ4v) is 2.42. The third kappa shape index (κ3) is 6.40. The number of esters is 1. The molecular formula is C22H23N3O4. The second kappa shape index (κ2) is 10.5. The molecule has 0 aromatic heterocycles. The van der Waals surface area contributed by atoms with Crippen LogP contribution in [0.25, 0.3) is 6.08 Å². The van der Waals surface area contributed by atoms with Gasteiger partial charge in [0.25, 0.3) is 5.91 Å². The van der Waals surface area contributed by atoms with Crippen LogP contribution in [-0.4, -0.2) is 39.2 Å². The van der Waals surface area contributed by atoms with E-state index in [9.17, 15) is 14.9 Å². The summed E-state index contributed by atoms with van der Waals surface area (Å²) in [6.45, 7) is 1.77. The highest BCUT2D eigenvalue weighted by molar-refractivity contribution is 6.00. The zero-order valence-electron chi connectivity index (χ0n) is 16.6. The normalized spacial score (nSPS) is 10.6. The number of carbonyl (C=O) groups is 2. The average molecular weight is 393 g/mol. The Kier molecular flexibility index (Phi) is 7.80. The molecule has 0 unspecified atom stereocenters. The van der Waals surface area contributed by atoms with Gasteiger partial charge in [-0.1, -0.05) is 24.3 Å². The molecule has 7 heteroatoms. The van der Waals surface area contributed by atoms with Crippen molar-refractivity contribution in [2.45, 2.75) is 6.92 Å². The molecule has 0 saturated heterocycles. The minimum atomic E-state index is -0.863. The van der Waals surface area contributed by atoms with Crippen molar-refractivity contribution in [2.24, 2.45) is 0 Å². The summed E-state index contributed by atoms with van der Waals surface area (Å²) in [5, 5.41) is 11.9. The molecule has 2 aromatic carbocycles. The molecule has 0 aliphatic heterocycles. The van der Waals surface area contributed by atoms with Crippen LogP contribution in [0.5, 0.6) is 5.75 Å². The van der Waals surface area contributed by atoms with Gasteiger partial charge in [-0.2, -0.15) is 5.26 Å². The van der Waals surface area contributed by atoms with Crippen molar-refractivity contribution < 1.29 is 19.1 Å². The molecule has 0 spiro atoms. The first kappa shape index (κ1) is 21.5. The Bertz CT molecular complexity index is 928. The molecule has 7 nitrogen and oxygen atoms in total. The fourth-order valence-electron chi connectivity index (χ4n) is 2.42. The number of carbonyl (C=O) groups excluding carboxylic acids is 2. The lowest BCUT2D eigenvalue weighted by Gasteiger charge is -2.12. The molecule has 0 radical (unpaired) electrons. The minimum Gasteiger partial charge on any atom is -0.492 e. The van der Waals surface area contributed by atoms with Crippen molar-refractivity contribution in [3.63, 3.8) is 0 Å². The molecule has 0 fully saturated rings. The second-order valence-corrected chi connectivity index (χ2v) is 6.21. The first-order valence-electron chi connectivity index (χ1n) is 9.02. The van der Waals surface area contributed by atoms with Gasteiger partial charge < -0.3 is 19.7 Å². The number of benzene rings is 2. The quantitative estimate of drug-likeness (QED) is 0.421. The van der Waals surface area contributed by atoms with Crippen LogP contribution in [0, 0.1) is 11.3 Å². The van der Waals surface area contributed by atoms with Gasteiger partial charge in [-0.15, -0.1) is 0 Å². The molecule has 0 heterocycles. The van der Waals surface area contributed by atoms with Gasteiger partial charge in [0.2, 0.25) is 0 Å². The van der Waals surface area contributed by atoms with Crippen LogP contribution in [-0.2, 0) is 14.3 Å². The molecule has 0 atom stereocenters. The lowest BCUT2D eigenvalue weighted by Crippen LogP contribution is -2.21. The van der Waals surface area contributed by atoms with Crippen LogP contribution >= 0.6 is 0 Å². The van der Waals surface area contributed by atoms with E-state index in [0.717, 1.165) is 5.69 Å². The number of nitrogens with zero attached hydrogens (tertiary/aromatic N) is 2. The van der Waals surface area contributed by atoms with Crippen LogP contribution in [0.1, 0.15) is 12.5 Å². The third-order valence-electron chi connectivity index (χ3n) is 3.86. The monoisotopic (exact) mass is 393 g/mol. The maximum absolute atomic E-state index is 12.2. The Labute approximate surface area is 170 Å². The second-order valence-electron chi connectivity index (χ2n) is 6.21. The maximum atomic E-state index is 12.2. The summed E-state index contributed by atoms with van der Waals surface area (Å²) in [6.07, 6.45) is 1.42. The maximum Gasteiger partial charge on any atom is 0.349 e. The number of hydrogen-bond acceptors (Lipinski definition) is 6. The van der Waals surface area contributed by atoms with E-state index in [1.54, 1.807) is 36.4 Å². The van der Waals surface area contributed by atoms with E-state index < -0.39 is 18.5 Å². The predicted octanol–water partition coefficient (Wildman–Crippen LogP) is 3.24. The molecule has 1 amide bonds. The van der Waals surface area contributed by atoms with Crippen molar-refractivity contribution in [3.05, 3.63) is 59.7 Å². The summed E-state index contributed by atoms with van der Waals surface area (Å²) < 4.78 is 10.4. The minimum absolute atomic E-state index is 0.190. The van der Waals surface area contributed by atoms with E-state index in [1.165, 1.54) is 6.08 Å². The molecule has 2 aromatic rings. The van der Waals surface area contributed by atoms with Crippen LogP contribution in [0.15, 0.2) is 54.1 Å². The molecular weight excluding hydrogens is 370 g/mol. The van der Waals surface area contributed by atoms with Gasteiger partial charge in [0.1, 0.15) is 17.4 Å². The Morgan fingerprint density at radius 3 is 2.45 bits per heavy atom. The van der Waals surface area contributed by atoms with Gasteiger partial charge in [-0.3, -0.25) is 4.79 Å². The molecule has 0 aliphatic rings. The first-order chi connectivity index (χ1) is 13.9. The van der Waals surface area contributed by atoms with Gasteiger partial charge in [-0.05, 0) is 42.8 Å². The standard InChI is InChI=1S/C22H23N3O4/c1-4-28-20-8-6-5-7-19(20)24-21(26)15-29-22(27)17(14-23)13-16-9-11-18(12-10-16)25(2)3/h5-13H,4,15H2,1-3H3,(H,24,26)/b17-13+. The van der Waals surface area contributed by atoms with Gasteiger partial charge in [-0.25, -0.2) is 4.79 Å². The van der Waals surface area contributed by atoms with Gasteiger partial charge in [0.15, 0.2) is 6.61 Å². The first-order valence-corrected chi connectivity index (χ1v) is 9.02. The van der Waals surface area contributed by atoms with E-state index in [2.05, 4.69) is 5.32 Å². The summed E-state index contributed by atoms with van der Waals surface area (Å²) in [6, 6.07) is 16.1. The lowest BCUT2D eigenvalue weighted by molar-refractivity contribution is -0.142. The van der Waals surface area contributed by atoms with E-state index in [-0.39, 0.29) is 5.57 Å². The zero-order chi connectivity index (χ0) is 21.2. The highest BCUT2D eigenvalue weighted by atomic mass is 16.5. The topological polar surface area (TPSA) is 91.7 Å². The van der Waals surface area contributed by atoms with Crippen LogP contribution in [0.4, 0.5) is 11.4 Å². The number of nitrogens with one attached hydrogen (secondary N) is 1. The smallest absolute Gasteiger partial charge is 0.349 e. The highest BCUT2D eigenvalue weighted by Gasteiger charge is 2.14. The summed E-state index contributed by atoms with van der Waals surface area (Å²) in [5.41, 5.74) is 1.96. The number of rotatable bonds is 8. The van der Waals surface area contributed by atoms with Gasteiger partial charge in [0, 0.05) is 19.8 Å². The van der Waals surface area contributed by atoms with Crippen LogP contribution in [0.3, 0.4) is 0 Å². The van der Waals surface area contributed by atoms with Crippen molar-refractivity contribution in [1.82, 2.24) is 0 Å². The average Bonchev–Trinajstić information content (AvgIpc) is 2.72. The number of anilines is 2. The van der Waals surface area contributed by atoms with Crippen LogP contribution in [0.2, 0.25) is 0 Å². The van der Waals surface area contributed by atoms with E-state index >= 15 is 0 Å². The largest absolute Gasteiger partial charge is 0.492 e. The van der Waals surface area contributed by atoms with E-state index in [4.69, 9.17) is 9.47 Å². The Hall–Kier alpha value is -3.79. The highest BCUT2D eigenvalue weighted by Crippen LogP contribution is 2.23. The molecule has 150 valence electrons. The van der Waals surface area contributed by atoms with Crippen molar-refractivity contribution in [1.29, 1.82) is 5.26 Å². The molecule has 0 saturated carbocycles. The Morgan fingerprint density at radius 2 is 1.83 bits per heavy atom. The number of hydrogen-bond donors (Lipinski definition) is 1. The van der Waals surface area contributed by atoms with Crippen molar-refractivity contribution in [2.75, 3.05) is 37.5 Å². The SMILES string of the molecule is CCOc1ccccc1NC(=O)COC(=O)/C(C#N)=C/c1ccc(N(C)C)cc1. The summed E-state index contributed by atoms with van der Waals surface area (Å²) >= 11 is 0. The summed E-state index contributed by atoms with van der Waals surface area (Å²) in [4.78, 5) is 26.2. The number of ether oxygens (including phenoxy) is 2. The molecule has 0 aliphatic carbocycles. The van der Waals surface area contributed by atoms with Crippen LogP contribution < -0.4 is 15.0 Å². The van der Waals surface area contributed by atoms with E-state index in [0.29, 0.717) is 23.6 Å². The number of amides is 1. The fraction of sp³-hybridized carbons (Fsp3) is 0.227. The molecule has 29 heavy (non-hydrogen) atoms. The summed E-state index contributed by atoms with van der Waals surface area (Å²) in [7, 11) is 3.83. The Balaban J connectivity index is 1.97. The lowest BCUT2D eigenvalue weighted by atomic mass is 10.1. The molecule has 0 bridgehead atoms. The molecule has 2 rings (SSSR count). The Morgan fingerprint density at radius 1 is 1.14 bits per heavy atom. The number of para-hydroxylation sites is 2. The molecule has 1 N–H and O–H groups in total.